The third-order valence-corrected chi connectivity index (χ3v) is 4.71. The fourth-order valence-electron chi connectivity index (χ4n) is 3.27. The van der Waals surface area contributed by atoms with Gasteiger partial charge in [0.2, 0.25) is 5.91 Å². The van der Waals surface area contributed by atoms with Gasteiger partial charge in [-0.15, -0.1) is 0 Å². The average molecular weight is 380 g/mol. The van der Waals surface area contributed by atoms with Crippen LogP contribution in [0.25, 0.3) is 0 Å². The van der Waals surface area contributed by atoms with Crippen molar-refractivity contribution in [3.63, 3.8) is 0 Å². The summed E-state index contributed by atoms with van der Waals surface area (Å²) in [6.07, 6.45) is 0.297. The third kappa shape index (κ3) is 3.78. The number of carbonyl (C=O) groups excluding carboxylic acids is 3. The molecule has 3 amide bonds. The van der Waals surface area contributed by atoms with Crippen LogP contribution in [0.3, 0.4) is 0 Å². The molecule has 0 aromatic heterocycles. The molecule has 0 aliphatic carbocycles. The van der Waals surface area contributed by atoms with Gasteiger partial charge in [-0.3, -0.25) is 24.1 Å². The summed E-state index contributed by atoms with van der Waals surface area (Å²) in [6, 6.07) is 13.9. The minimum Gasteiger partial charge on any atom is -0.481 e. The summed E-state index contributed by atoms with van der Waals surface area (Å²) in [5, 5.41) is 11.6. The summed E-state index contributed by atoms with van der Waals surface area (Å²) in [5.41, 5.74) is 1.69. The van der Waals surface area contributed by atoms with E-state index in [1.165, 1.54) is 12.1 Å². The van der Waals surface area contributed by atoms with E-state index >= 15 is 0 Å². The van der Waals surface area contributed by atoms with Crippen molar-refractivity contribution < 1.29 is 24.3 Å². The van der Waals surface area contributed by atoms with Gasteiger partial charge < -0.3 is 10.4 Å². The number of nitrogens with zero attached hydrogens (tertiary/aromatic N) is 1. The Bertz CT molecular complexity index is 939. The molecule has 144 valence electrons. The number of hydrogen-bond acceptors (Lipinski definition) is 4. The molecule has 2 aromatic carbocycles. The van der Waals surface area contributed by atoms with Crippen LogP contribution in [0.2, 0.25) is 0 Å². The number of carboxylic acids is 1. The Labute approximate surface area is 162 Å². The minimum absolute atomic E-state index is 0.168. The van der Waals surface area contributed by atoms with Crippen LogP contribution in [-0.4, -0.2) is 40.2 Å². The number of anilines is 1. The van der Waals surface area contributed by atoms with E-state index in [9.17, 15) is 19.2 Å². The van der Waals surface area contributed by atoms with Crippen molar-refractivity contribution in [3.8, 4) is 0 Å². The van der Waals surface area contributed by atoms with Gasteiger partial charge in [-0.1, -0.05) is 37.3 Å². The molecular weight excluding hydrogens is 360 g/mol. The van der Waals surface area contributed by atoms with Crippen LogP contribution < -0.4 is 5.32 Å². The van der Waals surface area contributed by atoms with Gasteiger partial charge in [0.1, 0.15) is 0 Å². The highest BCUT2D eigenvalue weighted by molar-refractivity contribution is 6.22. The van der Waals surface area contributed by atoms with Crippen LogP contribution in [0, 0.1) is 0 Å². The largest absolute Gasteiger partial charge is 0.481 e. The van der Waals surface area contributed by atoms with Gasteiger partial charge in [0.25, 0.3) is 11.8 Å². The second-order valence-corrected chi connectivity index (χ2v) is 6.53. The lowest BCUT2D eigenvalue weighted by Crippen LogP contribution is -2.31. The van der Waals surface area contributed by atoms with E-state index in [0.717, 1.165) is 10.5 Å². The molecule has 2 aromatic rings. The first kappa shape index (κ1) is 19.3. The van der Waals surface area contributed by atoms with Crippen molar-refractivity contribution in [2.45, 2.75) is 25.7 Å². The highest BCUT2D eigenvalue weighted by atomic mass is 16.4. The molecule has 1 aliphatic heterocycles. The monoisotopic (exact) mass is 380 g/mol. The van der Waals surface area contributed by atoms with Crippen molar-refractivity contribution in [2.24, 2.45) is 0 Å². The number of amides is 3. The maximum absolute atomic E-state index is 12.7. The number of fused-ring (bicyclic) bond motifs is 1. The van der Waals surface area contributed by atoms with Crippen LogP contribution >= 0.6 is 0 Å². The smallest absolute Gasteiger partial charge is 0.305 e. The first-order valence-electron chi connectivity index (χ1n) is 9.00. The zero-order valence-electron chi connectivity index (χ0n) is 15.3. The molecular formula is C21H20N2O5. The van der Waals surface area contributed by atoms with Gasteiger partial charge in [-0.05, 0) is 30.2 Å². The summed E-state index contributed by atoms with van der Waals surface area (Å²) in [6.45, 7) is 1.73. The summed E-state index contributed by atoms with van der Waals surface area (Å²) in [4.78, 5) is 49.1. The lowest BCUT2D eigenvalue weighted by molar-refractivity contribution is -0.137. The van der Waals surface area contributed by atoms with E-state index in [0.29, 0.717) is 12.1 Å². The number of imide groups is 1. The lowest BCUT2D eigenvalue weighted by atomic mass is 9.95. The molecule has 0 spiro atoms. The van der Waals surface area contributed by atoms with Crippen molar-refractivity contribution in [1.29, 1.82) is 0 Å². The Morgan fingerprint density at radius 3 is 2.36 bits per heavy atom. The topological polar surface area (TPSA) is 104 Å². The molecule has 1 aliphatic rings. The van der Waals surface area contributed by atoms with Crippen LogP contribution in [-0.2, 0) is 9.59 Å². The molecule has 1 unspecified atom stereocenters. The standard InChI is InChI=1S/C21H20N2O5/c1-2-15(13-6-4-3-5-7-13)19(26)22-14-8-9-16-17(12-14)21(28)23(20(16)27)11-10-18(24)25/h3-9,12,15H,2,10-11H2,1H3,(H,22,26)(H,24,25). The van der Waals surface area contributed by atoms with Crippen molar-refractivity contribution in [2.75, 3.05) is 11.9 Å². The predicted molar refractivity (Wildman–Crippen MR) is 102 cm³/mol. The summed E-state index contributed by atoms with van der Waals surface area (Å²) in [7, 11) is 0. The molecule has 0 saturated carbocycles. The van der Waals surface area contributed by atoms with E-state index in [-0.39, 0.29) is 35.9 Å². The fraction of sp³-hybridized carbons (Fsp3) is 0.238. The van der Waals surface area contributed by atoms with E-state index in [1.807, 2.05) is 37.3 Å². The number of rotatable bonds is 7. The van der Waals surface area contributed by atoms with Crippen LogP contribution in [0.5, 0.6) is 0 Å². The molecule has 0 fully saturated rings. The zero-order chi connectivity index (χ0) is 20.3. The molecule has 0 saturated heterocycles. The Morgan fingerprint density at radius 1 is 1.04 bits per heavy atom. The van der Waals surface area contributed by atoms with E-state index < -0.39 is 17.8 Å². The first-order chi connectivity index (χ1) is 13.4. The highest BCUT2D eigenvalue weighted by Gasteiger charge is 2.35. The molecule has 7 heteroatoms. The molecule has 2 N–H and O–H groups in total. The molecule has 28 heavy (non-hydrogen) atoms. The zero-order valence-corrected chi connectivity index (χ0v) is 15.3. The van der Waals surface area contributed by atoms with Crippen LogP contribution in [0.4, 0.5) is 5.69 Å². The molecule has 0 radical (unpaired) electrons. The Hall–Kier alpha value is -3.48. The second-order valence-electron chi connectivity index (χ2n) is 6.53. The summed E-state index contributed by atoms with van der Waals surface area (Å²) < 4.78 is 0. The Balaban J connectivity index is 1.78. The van der Waals surface area contributed by atoms with Gasteiger partial charge in [0, 0.05) is 12.2 Å². The predicted octanol–water partition coefficient (Wildman–Crippen LogP) is 2.89. The van der Waals surface area contributed by atoms with Crippen molar-refractivity contribution in [1.82, 2.24) is 4.90 Å². The number of benzene rings is 2. The third-order valence-electron chi connectivity index (χ3n) is 4.71. The number of carboxylic acid groups (broad SMARTS) is 1. The molecule has 1 heterocycles. The number of aliphatic carboxylic acids is 1. The lowest BCUT2D eigenvalue weighted by Gasteiger charge is -2.15. The summed E-state index contributed by atoms with van der Waals surface area (Å²) >= 11 is 0. The maximum atomic E-state index is 12.7. The average Bonchev–Trinajstić information content (AvgIpc) is 2.91. The van der Waals surface area contributed by atoms with Gasteiger partial charge in [0.15, 0.2) is 0 Å². The van der Waals surface area contributed by atoms with Crippen LogP contribution in [0.1, 0.15) is 52.0 Å². The molecule has 1 atom stereocenters. The van der Waals surface area contributed by atoms with Gasteiger partial charge in [0.05, 0.1) is 23.5 Å². The normalized spacial score (nSPS) is 14.0. The number of hydrogen-bond donors (Lipinski definition) is 2. The molecule has 7 nitrogen and oxygen atoms in total. The Kier molecular flexibility index (Phi) is 5.54. The minimum atomic E-state index is -1.09. The van der Waals surface area contributed by atoms with E-state index in [4.69, 9.17) is 5.11 Å². The van der Waals surface area contributed by atoms with Crippen molar-refractivity contribution in [3.05, 3.63) is 65.2 Å². The summed E-state index contributed by atoms with van der Waals surface area (Å²) in [5.74, 6) is -2.69. The van der Waals surface area contributed by atoms with Gasteiger partial charge in [-0.2, -0.15) is 0 Å². The van der Waals surface area contributed by atoms with Crippen LogP contribution in [0.15, 0.2) is 48.5 Å². The quantitative estimate of drug-likeness (QED) is 0.719. The fourth-order valence-corrected chi connectivity index (χ4v) is 3.27. The number of nitrogens with one attached hydrogen (secondary N) is 1. The molecule has 0 bridgehead atoms. The first-order valence-corrected chi connectivity index (χ1v) is 9.00. The second kappa shape index (κ2) is 8.04. The maximum Gasteiger partial charge on any atom is 0.305 e. The van der Waals surface area contributed by atoms with E-state index in [1.54, 1.807) is 6.07 Å². The number of carbonyl (C=O) groups is 4. The highest BCUT2D eigenvalue weighted by Crippen LogP contribution is 2.27. The van der Waals surface area contributed by atoms with Gasteiger partial charge in [-0.25, -0.2) is 0 Å². The van der Waals surface area contributed by atoms with Gasteiger partial charge >= 0.3 is 5.97 Å². The van der Waals surface area contributed by atoms with Crippen molar-refractivity contribution >= 4 is 29.4 Å². The SMILES string of the molecule is CCC(C(=O)Nc1ccc2c(c1)C(=O)N(CCC(=O)O)C2=O)c1ccccc1. The Morgan fingerprint density at radius 2 is 1.71 bits per heavy atom. The van der Waals surface area contributed by atoms with E-state index in [2.05, 4.69) is 5.32 Å². The molecule has 3 rings (SSSR count).